The lowest BCUT2D eigenvalue weighted by atomic mass is 9.85. The predicted molar refractivity (Wildman–Crippen MR) is 165 cm³/mol. The molecule has 0 saturated heterocycles. The summed E-state index contributed by atoms with van der Waals surface area (Å²) in [4.78, 5) is 17.9. The van der Waals surface area contributed by atoms with E-state index in [0.29, 0.717) is 17.0 Å². The van der Waals surface area contributed by atoms with E-state index >= 15 is 0 Å². The van der Waals surface area contributed by atoms with E-state index in [1.54, 1.807) is 27.4 Å². The largest absolute Gasteiger partial charge is 0.497 e. The average Bonchev–Trinajstić information content (AvgIpc) is 3.41. The molecule has 1 heterocycles. The number of ketones is 1. The van der Waals surface area contributed by atoms with Crippen LogP contribution >= 0.6 is 0 Å². The Morgan fingerprint density at radius 3 is 1.66 bits per heavy atom. The Hall–Kier alpha value is -4.77. The van der Waals surface area contributed by atoms with Gasteiger partial charge in [-0.25, -0.2) is 0 Å². The van der Waals surface area contributed by atoms with Crippen molar-refractivity contribution in [3.05, 3.63) is 114 Å². The number of rotatable bonds is 8. The molecule has 4 aromatic carbocycles. The first kappa shape index (κ1) is 27.8. The molecular weight excluding hydrogens is 510 g/mol. The van der Waals surface area contributed by atoms with Gasteiger partial charge < -0.3 is 19.2 Å². The van der Waals surface area contributed by atoms with E-state index < -0.39 is 0 Å². The fourth-order valence-electron chi connectivity index (χ4n) is 5.08. The van der Waals surface area contributed by atoms with Gasteiger partial charge in [-0.2, -0.15) is 0 Å². The van der Waals surface area contributed by atoms with Crippen LogP contribution in [0.25, 0.3) is 33.5 Å². The van der Waals surface area contributed by atoms with Crippen molar-refractivity contribution in [2.75, 3.05) is 21.3 Å². The second-order valence-electron chi connectivity index (χ2n) is 10.9. The molecular formula is C36H35NO4. The van der Waals surface area contributed by atoms with Gasteiger partial charge in [0.2, 0.25) is 5.78 Å². The zero-order valence-electron chi connectivity index (χ0n) is 24.4. The smallest absolute Gasteiger partial charge is 0.213 e. The zero-order chi connectivity index (χ0) is 29.1. The first-order chi connectivity index (χ1) is 19.7. The Morgan fingerprint density at radius 2 is 1.12 bits per heavy atom. The van der Waals surface area contributed by atoms with Gasteiger partial charge in [0.05, 0.1) is 38.3 Å². The SMILES string of the molecule is COc1ccc(-c2[nH]c(C(=O)c3ccccc3OC)c(-c3ccc(C(C)(C)C)cc3)c2-c2ccc(OC)cc2)cc1. The summed E-state index contributed by atoms with van der Waals surface area (Å²) < 4.78 is 16.4. The molecule has 0 fully saturated rings. The molecule has 0 bridgehead atoms. The quantitative estimate of drug-likeness (QED) is 0.198. The molecule has 1 aromatic heterocycles. The van der Waals surface area contributed by atoms with Crippen LogP contribution in [0.1, 0.15) is 42.4 Å². The minimum absolute atomic E-state index is 0.000199. The van der Waals surface area contributed by atoms with Crippen LogP contribution in [-0.4, -0.2) is 32.1 Å². The van der Waals surface area contributed by atoms with Gasteiger partial charge in [-0.1, -0.05) is 69.3 Å². The Bertz CT molecular complexity index is 1660. The predicted octanol–water partition coefficient (Wildman–Crippen LogP) is 8.57. The molecule has 208 valence electrons. The fourth-order valence-corrected chi connectivity index (χ4v) is 5.08. The van der Waals surface area contributed by atoms with Crippen LogP contribution in [0.5, 0.6) is 17.2 Å². The Balaban J connectivity index is 1.83. The minimum Gasteiger partial charge on any atom is -0.497 e. The standard InChI is InChI=1S/C36H35NO4/c1-36(2,3)26-17-11-23(12-18-26)32-31(24-13-19-27(39-4)20-14-24)33(25-15-21-28(40-5)22-16-25)37-34(32)35(38)29-9-7-8-10-30(29)41-6/h7-22,37H,1-6H3. The number of carbonyl (C=O) groups excluding carboxylic acids is 1. The lowest BCUT2D eigenvalue weighted by molar-refractivity contribution is 0.103. The number of hydrogen-bond acceptors (Lipinski definition) is 4. The highest BCUT2D eigenvalue weighted by molar-refractivity contribution is 6.16. The second-order valence-corrected chi connectivity index (χ2v) is 10.9. The van der Waals surface area contributed by atoms with Crippen LogP contribution in [0.15, 0.2) is 97.1 Å². The molecule has 0 unspecified atom stereocenters. The van der Waals surface area contributed by atoms with Gasteiger partial charge in [0.1, 0.15) is 17.2 Å². The molecule has 41 heavy (non-hydrogen) atoms. The van der Waals surface area contributed by atoms with Crippen molar-refractivity contribution in [1.29, 1.82) is 0 Å². The summed E-state index contributed by atoms with van der Waals surface area (Å²) in [6, 6.07) is 31.6. The maximum atomic E-state index is 14.3. The fraction of sp³-hybridized carbons (Fsp3) is 0.194. The molecule has 5 aromatic rings. The number of ether oxygens (including phenoxy) is 3. The molecule has 0 atom stereocenters. The molecule has 0 aliphatic heterocycles. The lowest BCUT2D eigenvalue weighted by Gasteiger charge is -2.19. The Kier molecular flexibility index (Phi) is 7.71. The third kappa shape index (κ3) is 5.48. The first-order valence-electron chi connectivity index (χ1n) is 13.6. The van der Waals surface area contributed by atoms with E-state index in [1.807, 2.05) is 66.7 Å². The summed E-state index contributed by atoms with van der Waals surface area (Å²) in [6.45, 7) is 6.58. The van der Waals surface area contributed by atoms with E-state index in [9.17, 15) is 4.79 Å². The molecule has 5 nitrogen and oxygen atoms in total. The highest BCUT2D eigenvalue weighted by Gasteiger charge is 2.28. The summed E-state index contributed by atoms with van der Waals surface area (Å²) in [5, 5.41) is 0. The van der Waals surface area contributed by atoms with Gasteiger partial charge in [0, 0.05) is 11.1 Å². The summed E-state index contributed by atoms with van der Waals surface area (Å²) >= 11 is 0. The molecule has 0 aliphatic carbocycles. The van der Waals surface area contributed by atoms with Crippen LogP contribution in [0.3, 0.4) is 0 Å². The van der Waals surface area contributed by atoms with Gasteiger partial charge in [0.25, 0.3) is 0 Å². The van der Waals surface area contributed by atoms with Crippen LogP contribution in [0.2, 0.25) is 0 Å². The summed E-state index contributed by atoms with van der Waals surface area (Å²) in [5.74, 6) is 1.90. The molecule has 0 saturated carbocycles. The number of H-pyrrole nitrogens is 1. The topological polar surface area (TPSA) is 60.6 Å². The number of nitrogens with one attached hydrogen (secondary N) is 1. The van der Waals surface area contributed by atoms with Crippen molar-refractivity contribution in [3.8, 4) is 50.8 Å². The number of para-hydroxylation sites is 1. The van der Waals surface area contributed by atoms with Crippen molar-refractivity contribution in [3.63, 3.8) is 0 Å². The third-order valence-corrected chi connectivity index (χ3v) is 7.38. The summed E-state index contributed by atoms with van der Waals surface area (Å²) in [7, 11) is 4.88. The van der Waals surface area contributed by atoms with E-state index in [-0.39, 0.29) is 11.2 Å². The van der Waals surface area contributed by atoms with Crippen molar-refractivity contribution in [1.82, 2.24) is 4.98 Å². The van der Waals surface area contributed by atoms with E-state index in [4.69, 9.17) is 14.2 Å². The number of carbonyl (C=O) groups is 1. The summed E-state index contributed by atoms with van der Waals surface area (Å²) in [6.07, 6.45) is 0. The van der Waals surface area contributed by atoms with Crippen molar-refractivity contribution in [2.24, 2.45) is 0 Å². The molecule has 0 aliphatic rings. The number of aromatic nitrogens is 1. The van der Waals surface area contributed by atoms with Gasteiger partial charge in [-0.15, -0.1) is 0 Å². The van der Waals surface area contributed by atoms with Gasteiger partial charge in [-0.3, -0.25) is 4.79 Å². The minimum atomic E-state index is -0.146. The lowest BCUT2D eigenvalue weighted by Crippen LogP contribution is -2.10. The van der Waals surface area contributed by atoms with Crippen LogP contribution in [0, 0.1) is 0 Å². The third-order valence-electron chi connectivity index (χ3n) is 7.38. The highest BCUT2D eigenvalue weighted by Crippen LogP contribution is 2.44. The monoisotopic (exact) mass is 545 g/mol. The summed E-state index contributed by atoms with van der Waals surface area (Å²) in [5.41, 5.74) is 7.64. The number of benzene rings is 4. The zero-order valence-corrected chi connectivity index (χ0v) is 24.4. The molecule has 0 spiro atoms. The second kappa shape index (κ2) is 11.4. The van der Waals surface area contributed by atoms with Crippen LogP contribution in [-0.2, 0) is 5.41 Å². The van der Waals surface area contributed by atoms with Gasteiger partial charge in [-0.05, 0) is 76.2 Å². The van der Waals surface area contributed by atoms with Crippen LogP contribution in [0.4, 0.5) is 0 Å². The van der Waals surface area contributed by atoms with Gasteiger partial charge >= 0.3 is 0 Å². The number of hydrogen-bond donors (Lipinski definition) is 1. The molecule has 5 heteroatoms. The normalized spacial score (nSPS) is 11.3. The van der Waals surface area contributed by atoms with E-state index in [0.717, 1.165) is 45.0 Å². The van der Waals surface area contributed by atoms with Crippen LogP contribution < -0.4 is 14.2 Å². The molecule has 5 rings (SSSR count). The Labute approximate surface area is 241 Å². The molecule has 0 amide bonds. The average molecular weight is 546 g/mol. The van der Waals surface area contributed by atoms with E-state index in [2.05, 4.69) is 50.0 Å². The van der Waals surface area contributed by atoms with Crippen molar-refractivity contribution in [2.45, 2.75) is 26.2 Å². The van der Waals surface area contributed by atoms with Crippen molar-refractivity contribution >= 4 is 5.78 Å². The van der Waals surface area contributed by atoms with Crippen molar-refractivity contribution < 1.29 is 19.0 Å². The molecule has 0 radical (unpaired) electrons. The Morgan fingerprint density at radius 1 is 0.610 bits per heavy atom. The maximum Gasteiger partial charge on any atom is 0.213 e. The van der Waals surface area contributed by atoms with E-state index in [1.165, 1.54) is 5.56 Å². The first-order valence-corrected chi connectivity index (χ1v) is 13.6. The number of aromatic amines is 1. The van der Waals surface area contributed by atoms with Gasteiger partial charge in [0.15, 0.2) is 0 Å². The highest BCUT2D eigenvalue weighted by atomic mass is 16.5. The number of methoxy groups -OCH3 is 3. The maximum absolute atomic E-state index is 14.3. The molecule has 1 N–H and O–H groups in total.